The van der Waals surface area contributed by atoms with Crippen LogP contribution in [0.4, 0.5) is 5.69 Å². The molecule has 0 aliphatic carbocycles. The number of hydrogen-bond acceptors (Lipinski definition) is 3. The van der Waals surface area contributed by atoms with E-state index in [4.69, 9.17) is 22.1 Å². The van der Waals surface area contributed by atoms with Gasteiger partial charge >= 0.3 is 0 Å². The summed E-state index contributed by atoms with van der Waals surface area (Å²) in [7, 11) is 0. The molecule has 1 aromatic rings. The van der Waals surface area contributed by atoms with Crippen LogP contribution >= 0.6 is 34.2 Å². The van der Waals surface area contributed by atoms with Crippen LogP contribution in [-0.4, -0.2) is 25.7 Å². The molecule has 0 atom stereocenters. The van der Waals surface area contributed by atoms with Crippen LogP contribution in [-0.2, 0) is 9.53 Å². The van der Waals surface area contributed by atoms with E-state index in [9.17, 15) is 4.79 Å². The zero-order valence-electron chi connectivity index (χ0n) is 10.4. The minimum atomic E-state index is -0.537. The molecule has 1 heterocycles. The van der Waals surface area contributed by atoms with Gasteiger partial charge in [0.05, 0.1) is 16.1 Å². The Hall–Kier alpha value is -0.370. The standard InChI is InChI=1S/C13H16ClIN2O2/c14-10-7-9(15)1-2-11(10)17-12(18)13(8-16)3-5-19-6-4-13/h1-2,7H,3-6,8,16H2,(H,17,18). The van der Waals surface area contributed by atoms with Crippen molar-refractivity contribution in [1.82, 2.24) is 0 Å². The Bertz CT molecular complexity index is 476. The lowest BCUT2D eigenvalue weighted by atomic mass is 9.79. The molecule has 6 heteroatoms. The predicted molar refractivity (Wildman–Crippen MR) is 84.3 cm³/mol. The summed E-state index contributed by atoms with van der Waals surface area (Å²) in [6.45, 7) is 1.47. The highest BCUT2D eigenvalue weighted by atomic mass is 127. The molecule has 3 N–H and O–H groups in total. The SMILES string of the molecule is NCC1(C(=O)Nc2ccc(I)cc2Cl)CCOCC1. The summed E-state index contributed by atoms with van der Waals surface area (Å²) in [5.41, 5.74) is 5.90. The third kappa shape index (κ3) is 3.39. The Morgan fingerprint density at radius 1 is 1.47 bits per heavy atom. The number of rotatable bonds is 3. The van der Waals surface area contributed by atoms with Crippen LogP contribution in [0.25, 0.3) is 0 Å². The number of amides is 1. The van der Waals surface area contributed by atoms with Gasteiger partial charge in [0.25, 0.3) is 0 Å². The molecule has 1 saturated heterocycles. The fraction of sp³-hybridized carbons (Fsp3) is 0.462. The summed E-state index contributed by atoms with van der Waals surface area (Å²) >= 11 is 8.30. The van der Waals surface area contributed by atoms with Crippen molar-refractivity contribution < 1.29 is 9.53 Å². The van der Waals surface area contributed by atoms with Gasteiger partial charge in [0, 0.05) is 23.3 Å². The summed E-state index contributed by atoms with van der Waals surface area (Å²) in [5.74, 6) is -0.0681. The van der Waals surface area contributed by atoms with Gasteiger partial charge < -0.3 is 15.8 Å². The highest BCUT2D eigenvalue weighted by molar-refractivity contribution is 14.1. The fourth-order valence-corrected chi connectivity index (χ4v) is 3.03. The maximum absolute atomic E-state index is 12.5. The van der Waals surface area contributed by atoms with E-state index in [0.717, 1.165) is 3.57 Å². The van der Waals surface area contributed by atoms with Gasteiger partial charge in [-0.2, -0.15) is 0 Å². The molecule has 0 saturated carbocycles. The Labute approximate surface area is 131 Å². The topological polar surface area (TPSA) is 64.4 Å². The van der Waals surface area contributed by atoms with Gasteiger partial charge in [-0.05, 0) is 53.6 Å². The molecular weight excluding hydrogens is 379 g/mol. The van der Waals surface area contributed by atoms with Gasteiger partial charge in [0.2, 0.25) is 5.91 Å². The maximum Gasteiger partial charge on any atom is 0.232 e. The molecule has 1 aliphatic heterocycles. The molecule has 2 rings (SSSR count). The number of nitrogens with one attached hydrogen (secondary N) is 1. The molecule has 0 bridgehead atoms. The number of halogens is 2. The second-order valence-corrected chi connectivity index (χ2v) is 6.33. The number of nitrogens with two attached hydrogens (primary N) is 1. The van der Waals surface area contributed by atoms with Crippen molar-refractivity contribution in [3.63, 3.8) is 0 Å². The third-order valence-corrected chi connectivity index (χ3v) is 4.49. The van der Waals surface area contributed by atoms with Gasteiger partial charge in [-0.3, -0.25) is 4.79 Å². The fourth-order valence-electron chi connectivity index (χ4n) is 2.13. The molecule has 1 aliphatic rings. The first-order valence-electron chi connectivity index (χ1n) is 6.12. The molecule has 0 radical (unpaired) electrons. The number of carbonyl (C=O) groups is 1. The zero-order valence-corrected chi connectivity index (χ0v) is 13.3. The molecule has 1 amide bonds. The first kappa shape index (κ1) is 15.0. The Morgan fingerprint density at radius 3 is 2.74 bits per heavy atom. The Morgan fingerprint density at radius 2 is 2.16 bits per heavy atom. The third-order valence-electron chi connectivity index (χ3n) is 3.50. The molecule has 1 aromatic carbocycles. The van der Waals surface area contributed by atoms with E-state index in [-0.39, 0.29) is 5.91 Å². The van der Waals surface area contributed by atoms with E-state index in [1.54, 1.807) is 0 Å². The van der Waals surface area contributed by atoms with Crippen molar-refractivity contribution in [2.45, 2.75) is 12.8 Å². The maximum atomic E-state index is 12.5. The van der Waals surface area contributed by atoms with Crippen LogP contribution in [0, 0.1) is 8.99 Å². The lowest BCUT2D eigenvalue weighted by molar-refractivity contribution is -0.130. The number of carbonyl (C=O) groups excluding carboxylic acids is 1. The number of anilines is 1. The number of benzene rings is 1. The number of ether oxygens (including phenoxy) is 1. The lowest BCUT2D eigenvalue weighted by Crippen LogP contribution is -2.46. The van der Waals surface area contributed by atoms with Crippen molar-refractivity contribution in [2.24, 2.45) is 11.1 Å². The largest absolute Gasteiger partial charge is 0.381 e. The summed E-state index contributed by atoms with van der Waals surface area (Å²) in [6, 6.07) is 5.53. The first-order chi connectivity index (χ1) is 9.07. The molecule has 4 nitrogen and oxygen atoms in total. The van der Waals surface area contributed by atoms with Crippen LogP contribution in [0.15, 0.2) is 18.2 Å². The molecule has 0 spiro atoms. The molecular formula is C13H16ClIN2O2. The minimum absolute atomic E-state index is 0.0681. The highest BCUT2D eigenvalue weighted by Crippen LogP contribution is 2.32. The van der Waals surface area contributed by atoms with Crippen molar-refractivity contribution >= 4 is 45.8 Å². The van der Waals surface area contributed by atoms with Gasteiger partial charge in [-0.15, -0.1) is 0 Å². The van der Waals surface area contributed by atoms with Crippen molar-refractivity contribution in [1.29, 1.82) is 0 Å². The zero-order chi connectivity index (χ0) is 13.9. The van der Waals surface area contributed by atoms with E-state index in [1.807, 2.05) is 18.2 Å². The normalized spacial score (nSPS) is 18.1. The molecule has 104 valence electrons. The molecule has 1 fully saturated rings. The highest BCUT2D eigenvalue weighted by Gasteiger charge is 2.38. The summed E-state index contributed by atoms with van der Waals surface area (Å²) in [5, 5.41) is 3.43. The summed E-state index contributed by atoms with van der Waals surface area (Å²) in [6.07, 6.45) is 1.30. The van der Waals surface area contributed by atoms with E-state index >= 15 is 0 Å². The van der Waals surface area contributed by atoms with Crippen molar-refractivity contribution in [3.8, 4) is 0 Å². The van der Waals surface area contributed by atoms with Gasteiger partial charge in [0.15, 0.2) is 0 Å². The molecule has 0 aromatic heterocycles. The van der Waals surface area contributed by atoms with Gasteiger partial charge in [-0.25, -0.2) is 0 Å². The second kappa shape index (κ2) is 6.39. The smallest absolute Gasteiger partial charge is 0.232 e. The summed E-state index contributed by atoms with van der Waals surface area (Å²) < 4.78 is 6.33. The Kier molecular flexibility index (Phi) is 5.05. The van der Waals surface area contributed by atoms with Crippen molar-refractivity contribution in [3.05, 3.63) is 26.8 Å². The molecule has 19 heavy (non-hydrogen) atoms. The van der Waals surface area contributed by atoms with Gasteiger partial charge in [0.1, 0.15) is 0 Å². The quantitative estimate of drug-likeness (QED) is 0.775. The average Bonchev–Trinajstić information content (AvgIpc) is 2.42. The van der Waals surface area contributed by atoms with E-state index < -0.39 is 5.41 Å². The van der Waals surface area contributed by atoms with Crippen molar-refractivity contribution in [2.75, 3.05) is 25.1 Å². The minimum Gasteiger partial charge on any atom is -0.381 e. The van der Waals surface area contributed by atoms with E-state index in [1.165, 1.54) is 0 Å². The predicted octanol–water partition coefficient (Wildman–Crippen LogP) is 2.64. The number of hydrogen-bond donors (Lipinski definition) is 2. The van der Waals surface area contributed by atoms with Crippen LogP contribution in [0.3, 0.4) is 0 Å². The Balaban J connectivity index is 2.15. The molecule has 0 unspecified atom stereocenters. The first-order valence-corrected chi connectivity index (χ1v) is 7.57. The van der Waals surface area contributed by atoms with Crippen LogP contribution in [0.2, 0.25) is 5.02 Å². The van der Waals surface area contributed by atoms with Gasteiger partial charge in [-0.1, -0.05) is 11.6 Å². The van der Waals surface area contributed by atoms with E-state index in [2.05, 4.69) is 27.9 Å². The van der Waals surface area contributed by atoms with Crippen LogP contribution in [0.5, 0.6) is 0 Å². The summed E-state index contributed by atoms with van der Waals surface area (Å²) in [4.78, 5) is 12.5. The monoisotopic (exact) mass is 394 g/mol. The lowest BCUT2D eigenvalue weighted by Gasteiger charge is -2.34. The second-order valence-electron chi connectivity index (χ2n) is 4.68. The average molecular weight is 395 g/mol. The van der Waals surface area contributed by atoms with E-state index in [0.29, 0.717) is 43.3 Å². The van der Waals surface area contributed by atoms with Crippen LogP contribution < -0.4 is 11.1 Å². The van der Waals surface area contributed by atoms with Crippen LogP contribution in [0.1, 0.15) is 12.8 Å².